The quantitative estimate of drug-likeness (QED) is 0.351. The van der Waals surface area contributed by atoms with Gasteiger partial charge in [0.05, 0.1) is 11.6 Å². The van der Waals surface area contributed by atoms with Crippen molar-refractivity contribution in [1.82, 2.24) is 10.6 Å². The first-order valence-corrected chi connectivity index (χ1v) is 8.58. The van der Waals surface area contributed by atoms with E-state index in [2.05, 4.69) is 41.6 Å². The van der Waals surface area contributed by atoms with Crippen molar-refractivity contribution in [1.29, 1.82) is 0 Å². The lowest BCUT2D eigenvalue weighted by Crippen LogP contribution is -2.37. The van der Waals surface area contributed by atoms with E-state index >= 15 is 0 Å². The number of halogens is 2. The molecule has 0 heterocycles. The normalized spacial score (nSPS) is 9.72. The highest BCUT2D eigenvalue weighted by Gasteiger charge is 2.05. The van der Waals surface area contributed by atoms with Gasteiger partial charge in [-0.3, -0.25) is 0 Å². The van der Waals surface area contributed by atoms with E-state index in [0.29, 0.717) is 23.9 Å². The molecule has 0 aliphatic heterocycles. The molecular weight excluding hydrogens is 449 g/mol. The van der Waals surface area contributed by atoms with Gasteiger partial charge >= 0.3 is 0 Å². The van der Waals surface area contributed by atoms with Crippen LogP contribution in [0.1, 0.15) is 25.0 Å². The van der Waals surface area contributed by atoms with Gasteiger partial charge in [-0.15, -0.1) is 24.0 Å². The third-order valence-electron chi connectivity index (χ3n) is 3.43. The maximum atomic E-state index is 6.14. The van der Waals surface area contributed by atoms with E-state index in [9.17, 15) is 0 Å². The molecule has 0 fully saturated rings. The molecule has 0 atom stereocenters. The van der Waals surface area contributed by atoms with Crippen molar-refractivity contribution in [2.75, 3.05) is 13.1 Å². The van der Waals surface area contributed by atoms with Crippen LogP contribution in [0.2, 0.25) is 5.02 Å². The van der Waals surface area contributed by atoms with E-state index in [1.807, 2.05) is 36.4 Å². The van der Waals surface area contributed by atoms with Crippen LogP contribution in [0.5, 0.6) is 5.75 Å². The first-order valence-electron chi connectivity index (χ1n) is 8.20. The number of hydrogen-bond donors (Lipinski definition) is 2. The van der Waals surface area contributed by atoms with Crippen molar-refractivity contribution in [3.63, 3.8) is 0 Å². The van der Waals surface area contributed by atoms with Gasteiger partial charge < -0.3 is 15.4 Å². The molecule has 0 amide bonds. The van der Waals surface area contributed by atoms with Gasteiger partial charge in [-0.05, 0) is 37.1 Å². The second kappa shape index (κ2) is 12.0. The molecule has 2 N–H and O–H groups in total. The van der Waals surface area contributed by atoms with Crippen LogP contribution >= 0.6 is 35.6 Å². The van der Waals surface area contributed by atoms with Crippen LogP contribution in [0.25, 0.3) is 0 Å². The molecular formula is C19H25ClIN3O. The highest BCUT2D eigenvalue weighted by molar-refractivity contribution is 14.0. The number of benzene rings is 2. The lowest BCUT2D eigenvalue weighted by molar-refractivity contribution is 0.305. The number of aliphatic imine (C=N–C) groups is 1. The zero-order chi connectivity index (χ0) is 17.2. The van der Waals surface area contributed by atoms with E-state index in [0.717, 1.165) is 30.2 Å². The van der Waals surface area contributed by atoms with Gasteiger partial charge in [0.25, 0.3) is 0 Å². The van der Waals surface area contributed by atoms with Crippen LogP contribution in [0, 0.1) is 0 Å². The molecule has 0 bridgehead atoms. The maximum Gasteiger partial charge on any atom is 0.191 e. The first kappa shape index (κ1) is 21.6. The van der Waals surface area contributed by atoms with Gasteiger partial charge in [0.1, 0.15) is 12.4 Å². The van der Waals surface area contributed by atoms with Crippen molar-refractivity contribution in [2.24, 2.45) is 4.99 Å². The van der Waals surface area contributed by atoms with Crippen LogP contribution in [-0.2, 0) is 13.2 Å². The largest absolute Gasteiger partial charge is 0.487 e. The second-order valence-corrected chi connectivity index (χ2v) is 5.62. The average Bonchev–Trinajstić information content (AvgIpc) is 2.60. The van der Waals surface area contributed by atoms with Crippen LogP contribution < -0.4 is 15.4 Å². The summed E-state index contributed by atoms with van der Waals surface area (Å²) in [5, 5.41) is 7.08. The molecule has 0 radical (unpaired) electrons. The van der Waals surface area contributed by atoms with E-state index < -0.39 is 0 Å². The second-order valence-electron chi connectivity index (χ2n) is 5.21. The van der Waals surface area contributed by atoms with Crippen LogP contribution in [0.15, 0.2) is 53.5 Å². The van der Waals surface area contributed by atoms with Crippen LogP contribution in [0.4, 0.5) is 0 Å². The van der Waals surface area contributed by atoms with Crippen LogP contribution in [-0.4, -0.2) is 19.0 Å². The summed E-state index contributed by atoms with van der Waals surface area (Å²) in [7, 11) is 0. The standard InChI is InChI=1S/C19H24ClN3O.HI/c1-3-21-19(22-4-2)23-13-15-9-5-6-10-16(15)14-24-18-12-8-7-11-17(18)20;/h5-12H,3-4,13-14H2,1-2H3,(H2,21,22,23);1H. The Morgan fingerprint density at radius 2 is 1.56 bits per heavy atom. The van der Waals surface area contributed by atoms with Crippen molar-refractivity contribution >= 4 is 41.5 Å². The molecule has 2 rings (SSSR count). The average molecular weight is 474 g/mol. The number of guanidine groups is 1. The highest BCUT2D eigenvalue weighted by Crippen LogP contribution is 2.24. The summed E-state index contributed by atoms with van der Waals surface area (Å²) in [4.78, 5) is 4.62. The predicted octanol–water partition coefficient (Wildman–Crippen LogP) is 4.61. The SMILES string of the molecule is CCNC(=NCc1ccccc1COc1ccccc1Cl)NCC.I. The number of ether oxygens (including phenoxy) is 1. The molecule has 0 saturated heterocycles. The Morgan fingerprint density at radius 3 is 2.20 bits per heavy atom. The van der Waals surface area contributed by atoms with E-state index in [1.165, 1.54) is 0 Å². The smallest absolute Gasteiger partial charge is 0.191 e. The minimum absolute atomic E-state index is 0. The molecule has 0 aromatic heterocycles. The summed E-state index contributed by atoms with van der Waals surface area (Å²) >= 11 is 6.14. The van der Waals surface area contributed by atoms with E-state index in [-0.39, 0.29) is 24.0 Å². The summed E-state index contributed by atoms with van der Waals surface area (Å²) in [5.74, 6) is 1.51. The maximum absolute atomic E-state index is 6.14. The Hall–Kier alpha value is -1.47. The lowest BCUT2D eigenvalue weighted by Gasteiger charge is -2.12. The van der Waals surface area contributed by atoms with Gasteiger partial charge in [0, 0.05) is 13.1 Å². The molecule has 25 heavy (non-hydrogen) atoms. The number of nitrogens with one attached hydrogen (secondary N) is 2. The summed E-state index contributed by atoms with van der Waals surface area (Å²) in [6.07, 6.45) is 0. The zero-order valence-corrected chi connectivity index (χ0v) is 17.7. The summed E-state index contributed by atoms with van der Waals surface area (Å²) in [5.41, 5.74) is 2.24. The van der Waals surface area contributed by atoms with Gasteiger partial charge in [-0.1, -0.05) is 48.0 Å². The zero-order valence-electron chi connectivity index (χ0n) is 14.6. The molecule has 0 unspecified atom stereocenters. The first-order chi connectivity index (χ1) is 11.7. The Kier molecular flexibility index (Phi) is 10.3. The Morgan fingerprint density at radius 1 is 0.960 bits per heavy atom. The minimum atomic E-state index is 0. The number of nitrogens with zero attached hydrogens (tertiary/aromatic N) is 1. The Bertz CT molecular complexity index is 671. The molecule has 2 aromatic carbocycles. The van der Waals surface area contributed by atoms with Gasteiger partial charge in [-0.25, -0.2) is 4.99 Å². The molecule has 6 heteroatoms. The van der Waals surface area contributed by atoms with E-state index in [4.69, 9.17) is 16.3 Å². The number of hydrogen-bond acceptors (Lipinski definition) is 2. The van der Waals surface area contributed by atoms with Crippen molar-refractivity contribution in [3.8, 4) is 5.75 Å². The van der Waals surface area contributed by atoms with Crippen molar-refractivity contribution < 1.29 is 4.74 Å². The summed E-state index contributed by atoms with van der Waals surface area (Å²) in [6, 6.07) is 15.7. The third-order valence-corrected chi connectivity index (χ3v) is 3.75. The monoisotopic (exact) mass is 473 g/mol. The molecule has 0 saturated carbocycles. The number of para-hydroxylation sites is 1. The molecule has 0 aliphatic carbocycles. The topological polar surface area (TPSA) is 45.7 Å². The van der Waals surface area contributed by atoms with Gasteiger partial charge in [0.2, 0.25) is 0 Å². The van der Waals surface area contributed by atoms with Crippen LogP contribution in [0.3, 0.4) is 0 Å². The Labute approximate surface area is 172 Å². The lowest BCUT2D eigenvalue weighted by atomic mass is 10.1. The van der Waals surface area contributed by atoms with Gasteiger partial charge in [-0.2, -0.15) is 0 Å². The fourth-order valence-electron chi connectivity index (χ4n) is 2.24. The van der Waals surface area contributed by atoms with Crippen molar-refractivity contribution in [3.05, 3.63) is 64.7 Å². The molecule has 0 spiro atoms. The number of rotatable bonds is 7. The molecule has 0 aliphatic rings. The third kappa shape index (κ3) is 7.12. The minimum Gasteiger partial charge on any atom is -0.487 e. The summed E-state index contributed by atoms with van der Waals surface area (Å²) in [6.45, 7) is 6.84. The van der Waals surface area contributed by atoms with E-state index in [1.54, 1.807) is 0 Å². The Balaban J connectivity index is 0.00000312. The predicted molar refractivity (Wildman–Crippen MR) is 116 cm³/mol. The van der Waals surface area contributed by atoms with Gasteiger partial charge in [0.15, 0.2) is 5.96 Å². The van der Waals surface area contributed by atoms with Crippen molar-refractivity contribution in [2.45, 2.75) is 27.0 Å². The molecule has 2 aromatic rings. The molecule has 136 valence electrons. The fraction of sp³-hybridized carbons (Fsp3) is 0.316. The summed E-state index contributed by atoms with van der Waals surface area (Å²) < 4.78 is 5.85. The fourth-order valence-corrected chi connectivity index (χ4v) is 2.43. The molecule has 4 nitrogen and oxygen atoms in total. The highest BCUT2D eigenvalue weighted by atomic mass is 127.